The van der Waals surface area contributed by atoms with Crippen molar-refractivity contribution in [3.8, 4) is 0 Å². The van der Waals surface area contributed by atoms with Crippen LogP contribution in [-0.4, -0.2) is 20.6 Å². The van der Waals surface area contributed by atoms with E-state index in [1.807, 2.05) is 30.5 Å². The van der Waals surface area contributed by atoms with Gasteiger partial charge in [-0.15, -0.1) is 0 Å². The first-order chi connectivity index (χ1) is 14.4. The Labute approximate surface area is 174 Å². The minimum Gasteiger partial charge on any atom is -0.478 e. The molecule has 1 aliphatic carbocycles. The maximum Gasteiger partial charge on any atom is 0.337 e. The number of aromatic carboxylic acids is 1. The van der Waals surface area contributed by atoms with E-state index >= 15 is 0 Å². The van der Waals surface area contributed by atoms with Gasteiger partial charge in [0.1, 0.15) is 5.82 Å². The van der Waals surface area contributed by atoms with Gasteiger partial charge in [0.05, 0.1) is 22.5 Å². The number of anilines is 1. The fraction of sp³-hybridized carbons (Fsp3) is 0.375. The number of carboxylic acid groups (broad SMARTS) is 1. The summed E-state index contributed by atoms with van der Waals surface area (Å²) in [5.74, 6) is -0.0324. The topological polar surface area (TPSA) is 84.2 Å². The second-order valence-corrected chi connectivity index (χ2v) is 8.74. The lowest BCUT2D eigenvalue weighted by atomic mass is 9.67. The van der Waals surface area contributed by atoms with E-state index in [9.17, 15) is 14.7 Å². The Morgan fingerprint density at radius 1 is 1.23 bits per heavy atom. The molecule has 1 aromatic heterocycles. The number of nitrogens with zero attached hydrogens (tertiary/aromatic N) is 2. The van der Waals surface area contributed by atoms with E-state index in [-0.39, 0.29) is 22.6 Å². The monoisotopic (exact) mass is 403 g/mol. The van der Waals surface area contributed by atoms with Gasteiger partial charge in [-0.2, -0.15) is 0 Å². The Morgan fingerprint density at radius 3 is 2.70 bits per heavy atom. The summed E-state index contributed by atoms with van der Waals surface area (Å²) in [5.41, 5.74) is 3.55. The molecule has 2 aromatic carbocycles. The number of nitrogens with one attached hydrogen (secondary N) is 1. The lowest BCUT2D eigenvalue weighted by Gasteiger charge is -2.37. The van der Waals surface area contributed by atoms with Crippen LogP contribution < -0.4 is 10.9 Å². The fourth-order valence-corrected chi connectivity index (χ4v) is 5.07. The summed E-state index contributed by atoms with van der Waals surface area (Å²) in [4.78, 5) is 30.0. The zero-order valence-corrected chi connectivity index (χ0v) is 17.2. The zero-order valence-electron chi connectivity index (χ0n) is 17.2. The van der Waals surface area contributed by atoms with Crippen molar-refractivity contribution in [2.75, 3.05) is 5.32 Å². The molecular formula is C24H25N3O3. The standard InChI is InChI=1S/C24H25N3O3/c1-14-12-17(15(2)25-19-7-4-3-6-16(19)22(29)30)20-18(13-14)21(28)27-11-10-24(8-5-9-24)23(27)26-20/h3-4,6-7,12-13,15,25H,5,8-11H2,1-2H3,(H,29,30)/t15-/m1/s1. The third kappa shape index (κ3) is 2.74. The highest BCUT2D eigenvalue weighted by Crippen LogP contribution is 2.49. The number of hydrogen-bond acceptors (Lipinski definition) is 4. The van der Waals surface area contributed by atoms with E-state index in [4.69, 9.17) is 4.98 Å². The van der Waals surface area contributed by atoms with E-state index in [1.54, 1.807) is 18.2 Å². The van der Waals surface area contributed by atoms with Crippen molar-refractivity contribution >= 4 is 22.6 Å². The molecular weight excluding hydrogens is 378 g/mol. The molecule has 1 spiro atoms. The predicted molar refractivity (Wildman–Crippen MR) is 116 cm³/mol. The molecule has 154 valence electrons. The molecule has 1 fully saturated rings. The molecule has 1 aliphatic heterocycles. The van der Waals surface area contributed by atoms with Crippen LogP contribution in [0, 0.1) is 6.92 Å². The van der Waals surface area contributed by atoms with Gasteiger partial charge < -0.3 is 10.4 Å². The number of aromatic nitrogens is 2. The van der Waals surface area contributed by atoms with Crippen molar-refractivity contribution in [2.24, 2.45) is 0 Å². The van der Waals surface area contributed by atoms with Crippen LogP contribution in [0.25, 0.3) is 10.9 Å². The third-order valence-corrected chi connectivity index (χ3v) is 6.83. The summed E-state index contributed by atoms with van der Waals surface area (Å²) in [6.45, 7) is 4.71. The fourth-order valence-electron chi connectivity index (χ4n) is 5.07. The molecule has 0 saturated heterocycles. The Bertz CT molecular complexity index is 1240. The molecule has 1 saturated carbocycles. The van der Waals surface area contributed by atoms with Crippen LogP contribution in [0.15, 0.2) is 41.2 Å². The molecule has 1 atom stereocenters. The number of rotatable bonds is 4. The van der Waals surface area contributed by atoms with Crippen molar-refractivity contribution in [2.45, 2.75) is 57.5 Å². The highest BCUT2D eigenvalue weighted by molar-refractivity contribution is 5.94. The number of aryl methyl sites for hydroxylation is 1. The van der Waals surface area contributed by atoms with Crippen molar-refractivity contribution in [3.05, 3.63) is 69.3 Å². The molecule has 0 radical (unpaired) electrons. The molecule has 6 heteroatoms. The summed E-state index contributed by atoms with van der Waals surface area (Å²) in [6.07, 6.45) is 4.40. The van der Waals surface area contributed by atoms with Crippen LogP contribution in [0.3, 0.4) is 0 Å². The molecule has 2 aliphatic rings. The number of hydrogen-bond donors (Lipinski definition) is 2. The van der Waals surface area contributed by atoms with Gasteiger partial charge in [0.2, 0.25) is 0 Å². The van der Waals surface area contributed by atoms with E-state index < -0.39 is 5.97 Å². The smallest absolute Gasteiger partial charge is 0.337 e. The first-order valence-corrected chi connectivity index (χ1v) is 10.5. The maximum atomic E-state index is 13.3. The Kier molecular flexibility index (Phi) is 4.20. The average molecular weight is 403 g/mol. The van der Waals surface area contributed by atoms with E-state index in [1.165, 1.54) is 6.42 Å². The first-order valence-electron chi connectivity index (χ1n) is 10.5. The lowest BCUT2D eigenvalue weighted by molar-refractivity contribution is 0.0698. The van der Waals surface area contributed by atoms with Gasteiger partial charge in [0.25, 0.3) is 5.56 Å². The van der Waals surface area contributed by atoms with Crippen LogP contribution in [0.4, 0.5) is 5.69 Å². The van der Waals surface area contributed by atoms with Gasteiger partial charge in [-0.1, -0.05) is 24.6 Å². The van der Waals surface area contributed by atoms with Crippen LogP contribution >= 0.6 is 0 Å². The number of para-hydroxylation sites is 1. The van der Waals surface area contributed by atoms with Gasteiger partial charge >= 0.3 is 5.97 Å². The quantitative estimate of drug-likeness (QED) is 0.674. The van der Waals surface area contributed by atoms with Crippen molar-refractivity contribution in [1.82, 2.24) is 9.55 Å². The molecule has 0 bridgehead atoms. The maximum absolute atomic E-state index is 13.3. The molecule has 3 aromatic rings. The highest BCUT2D eigenvalue weighted by atomic mass is 16.4. The molecule has 30 heavy (non-hydrogen) atoms. The van der Waals surface area contributed by atoms with E-state index in [2.05, 4.69) is 11.4 Å². The third-order valence-electron chi connectivity index (χ3n) is 6.83. The van der Waals surface area contributed by atoms with Crippen LogP contribution in [0.2, 0.25) is 0 Å². The van der Waals surface area contributed by atoms with Gasteiger partial charge in [-0.25, -0.2) is 9.78 Å². The summed E-state index contributed by atoms with van der Waals surface area (Å²) in [7, 11) is 0. The van der Waals surface area contributed by atoms with Gasteiger partial charge in [-0.3, -0.25) is 9.36 Å². The minimum atomic E-state index is -0.972. The van der Waals surface area contributed by atoms with Crippen molar-refractivity contribution < 1.29 is 9.90 Å². The highest BCUT2D eigenvalue weighted by Gasteiger charge is 2.46. The number of fused-ring (bicyclic) bond motifs is 3. The van der Waals surface area contributed by atoms with Gasteiger partial charge in [-0.05, 0) is 56.9 Å². The largest absolute Gasteiger partial charge is 0.478 e. The molecule has 5 rings (SSSR count). The second kappa shape index (κ2) is 6.69. The van der Waals surface area contributed by atoms with E-state index in [0.717, 1.165) is 48.3 Å². The zero-order chi connectivity index (χ0) is 21.0. The summed E-state index contributed by atoms with van der Waals surface area (Å²) in [6, 6.07) is 10.6. The average Bonchev–Trinajstić information content (AvgIpc) is 3.09. The number of benzene rings is 2. The Hall–Kier alpha value is -3.15. The Morgan fingerprint density at radius 2 is 2.00 bits per heavy atom. The minimum absolute atomic E-state index is 0.0434. The Balaban J connectivity index is 1.65. The van der Waals surface area contributed by atoms with Crippen molar-refractivity contribution in [3.63, 3.8) is 0 Å². The van der Waals surface area contributed by atoms with Crippen LogP contribution in [-0.2, 0) is 12.0 Å². The molecule has 0 amide bonds. The van der Waals surface area contributed by atoms with E-state index in [0.29, 0.717) is 11.1 Å². The molecule has 2 N–H and O–H groups in total. The molecule has 0 unspecified atom stereocenters. The van der Waals surface area contributed by atoms with Gasteiger partial charge in [0, 0.05) is 23.2 Å². The number of carbonyl (C=O) groups is 1. The first kappa shape index (κ1) is 18.9. The number of carboxylic acids is 1. The second-order valence-electron chi connectivity index (χ2n) is 8.74. The van der Waals surface area contributed by atoms with Gasteiger partial charge in [0.15, 0.2) is 0 Å². The molecule has 6 nitrogen and oxygen atoms in total. The normalized spacial score (nSPS) is 17.5. The summed E-state index contributed by atoms with van der Waals surface area (Å²) in [5, 5.41) is 13.5. The SMILES string of the molecule is Cc1cc([C@@H](C)Nc2ccccc2C(=O)O)c2nc3n(c(=O)c2c1)CCC31CCC1. The van der Waals surface area contributed by atoms with Crippen molar-refractivity contribution in [1.29, 1.82) is 0 Å². The van der Waals surface area contributed by atoms with Crippen LogP contribution in [0.5, 0.6) is 0 Å². The van der Waals surface area contributed by atoms with Crippen LogP contribution in [0.1, 0.15) is 66.0 Å². The molecule has 2 heterocycles. The predicted octanol–water partition coefficient (Wildman–Crippen LogP) is 4.40. The summed E-state index contributed by atoms with van der Waals surface area (Å²) < 4.78 is 1.88. The lowest BCUT2D eigenvalue weighted by Crippen LogP contribution is -2.34. The summed E-state index contributed by atoms with van der Waals surface area (Å²) >= 11 is 0.